The lowest BCUT2D eigenvalue weighted by Crippen LogP contribution is -2.39. The van der Waals surface area contributed by atoms with Crippen LogP contribution in [0.25, 0.3) is 10.9 Å². The number of fused-ring (bicyclic) bond motifs is 1. The molecular weight excluding hydrogens is 765 g/mol. The molecule has 1 aliphatic rings. The molecule has 19 heteroatoms. The van der Waals surface area contributed by atoms with Crippen molar-refractivity contribution in [3.8, 4) is 11.5 Å². The first-order valence-electron chi connectivity index (χ1n) is 18.6. The smallest absolute Gasteiger partial charge is 0.433 e. The topological polar surface area (TPSA) is 178 Å². The van der Waals surface area contributed by atoms with Gasteiger partial charge in [0.25, 0.3) is 11.8 Å². The van der Waals surface area contributed by atoms with Crippen LogP contribution in [0.2, 0.25) is 0 Å². The van der Waals surface area contributed by atoms with Crippen molar-refractivity contribution in [3.63, 3.8) is 0 Å². The lowest BCUT2D eigenvalue weighted by molar-refractivity contribution is -0.141. The van der Waals surface area contributed by atoms with Crippen LogP contribution in [0.15, 0.2) is 54.7 Å². The minimum atomic E-state index is -4.68. The molecule has 1 saturated heterocycles. The van der Waals surface area contributed by atoms with Crippen molar-refractivity contribution in [2.75, 3.05) is 90.6 Å². The number of benzene rings is 2. The first-order chi connectivity index (χ1) is 27.9. The number of pyridine rings is 1. The minimum absolute atomic E-state index is 0.116. The van der Waals surface area contributed by atoms with Crippen LogP contribution in [0.5, 0.6) is 11.5 Å². The molecule has 312 valence electrons. The van der Waals surface area contributed by atoms with Crippen LogP contribution in [-0.4, -0.2) is 124 Å². The van der Waals surface area contributed by atoms with Gasteiger partial charge in [0.15, 0.2) is 0 Å². The number of nitrogens with one attached hydrogen (secondary N) is 3. The zero-order chi connectivity index (χ0) is 41.7. The highest BCUT2D eigenvalue weighted by Gasteiger charge is 2.33. The van der Waals surface area contributed by atoms with E-state index in [1.807, 2.05) is 10.9 Å². The summed E-state index contributed by atoms with van der Waals surface area (Å²) in [5, 5.41) is 13.4. The van der Waals surface area contributed by atoms with Gasteiger partial charge in [0.1, 0.15) is 29.2 Å². The largest absolute Gasteiger partial charge is 0.495 e. The Morgan fingerprint density at radius 3 is 2.38 bits per heavy atom. The minimum Gasteiger partial charge on any atom is -0.495 e. The van der Waals surface area contributed by atoms with Crippen molar-refractivity contribution in [1.29, 1.82) is 0 Å². The van der Waals surface area contributed by atoms with Crippen LogP contribution >= 0.6 is 0 Å². The number of aromatic nitrogens is 3. The number of piperidine rings is 1. The molecule has 0 aliphatic carbocycles. The molecule has 2 aromatic heterocycles. The summed E-state index contributed by atoms with van der Waals surface area (Å²) in [5.74, 6) is -0.460. The van der Waals surface area contributed by atoms with Crippen molar-refractivity contribution in [2.45, 2.75) is 31.5 Å². The van der Waals surface area contributed by atoms with Gasteiger partial charge in [-0.3, -0.25) is 19.2 Å². The van der Waals surface area contributed by atoms with Crippen LogP contribution in [0, 0.1) is 0 Å². The molecule has 3 N–H and O–H groups in total. The Morgan fingerprint density at radius 2 is 1.69 bits per heavy atom. The molecular formula is C39H47F3N8O8. The van der Waals surface area contributed by atoms with Crippen molar-refractivity contribution in [1.82, 2.24) is 30.3 Å². The Morgan fingerprint density at radius 1 is 0.948 bits per heavy atom. The Balaban J connectivity index is 0.999. The summed E-state index contributed by atoms with van der Waals surface area (Å²) in [6.45, 7) is 4.37. The quantitative estimate of drug-likeness (QED) is 0.0894. The molecule has 16 nitrogen and oxygen atoms in total. The third kappa shape index (κ3) is 11.4. The highest BCUT2D eigenvalue weighted by Crippen LogP contribution is 2.33. The molecule has 4 amide bonds. The second-order valence-electron chi connectivity index (χ2n) is 13.2. The second-order valence-corrected chi connectivity index (χ2v) is 13.2. The van der Waals surface area contributed by atoms with Crippen molar-refractivity contribution < 1.29 is 51.3 Å². The first kappa shape index (κ1) is 43.3. The van der Waals surface area contributed by atoms with E-state index >= 15 is 0 Å². The molecule has 5 rings (SSSR count). The van der Waals surface area contributed by atoms with Crippen LogP contribution in [-0.2, 0) is 20.4 Å². The predicted octanol–water partition coefficient (Wildman–Crippen LogP) is 4.55. The van der Waals surface area contributed by atoms with E-state index in [1.165, 1.54) is 32.2 Å². The molecule has 58 heavy (non-hydrogen) atoms. The molecule has 2 aromatic carbocycles. The maximum absolute atomic E-state index is 13.1. The fourth-order valence-electron chi connectivity index (χ4n) is 6.38. The fraction of sp³-hybridized carbons (Fsp3) is 0.436. The Labute approximate surface area is 332 Å². The zero-order valence-corrected chi connectivity index (χ0v) is 32.5. The zero-order valence-electron chi connectivity index (χ0n) is 32.5. The Kier molecular flexibility index (Phi) is 15.4. The third-order valence-corrected chi connectivity index (χ3v) is 9.41. The molecule has 1 fully saturated rings. The lowest BCUT2D eigenvalue weighted by atomic mass is 10.1. The summed E-state index contributed by atoms with van der Waals surface area (Å²) < 4.78 is 63.5. The maximum atomic E-state index is 13.1. The van der Waals surface area contributed by atoms with E-state index in [0.29, 0.717) is 54.4 Å². The summed E-state index contributed by atoms with van der Waals surface area (Å²) in [6.07, 6.45) is -0.251. The number of alkyl halides is 3. The number of nitrogens with zero attached hydrogens (tertiary/aromatic N) is 5. The number of carbonyl (C=O) groups is 4. The molecule has 4 aromatic rings. The molecule has 0 saturated carbocycles. The number of urea groups is 1. The summed E-state index contributed by atoms with van der Waals surface area (Å²) >= 11 is 0. The van der Waals surface area contributed by atoms with Gasteiger partial charge in [-0.25, -0.2) is 9.78 Å². The summed E-state index contributed by atoms with van der Waals surface area (Å²) in [6, 6.07) is 10.9. The summed E-state index contributed by atoms with van der Waals surface area (Å²) in [4.78, 5) is 56.1. The van der Waals surface area contributed by atoms with Crippen molar-refractivity contribution in [3.05, 3.63) is 71.7 Å². The number of carbonyl (C=O) groups excluding carboxylic acids is 4. The van der Waals surface area contributed by atoms with Crippen LogP contribution in [0.1, 0.15) is 51.8 Å². The Hall–Kier alpha value is -5.79. The number of hydrogen-bond donors (Lipinski definition) is 3. The van der Waals surface area contributed by atoms with Gasteiger partial charge in [-0.1, -0.05) is 6.07 Å². The highest BCUT2D eigenvalue weighted by atomic mass is 19.4. The van der Waals surface area contributed by atoms with E-state index in [0.717, 1.165) is 50.0 Å². The van der Waals surface area contributed by atoms with E-state index in [2.05, 4.69) is 25.8 Å². The van der Waals surface area contributed by atoms with Gasteiger partial charge in [0.2, 0.25) is 0 Å². The molecule has 0 spiro atoms. The van der Waals surface area contributed by atoms with E-state index < -0.39 is 23.8 Å². The van der Waals surface area contributed by atoms with Gasteiger partial charge in [-0.05, 0) is 49.2 Å². The summed E-state index contributed by atoms with van der Waals surface area (Å²) in [7, 11) is 4.36. The molecule has 3 heterocycles. The van der Waals surface area contributed by atoms with Gasteiger partial charge >= 0.3 is 12.2 Å². The number of rotatable bonds is 19. The van der Waals surface area contributed by atoms with Gasteiger partial charge in [-0.2, -0.15) is 18.3 Å². The monoisotopic (exact) mass is 812 g/mol. The average molecular weight is 813 g/mol. The second kappa shape index (κ2) is 20.6. The number of aldehydes is 1. The number of hydrogen-bond acceptors (Lipinski definition) is 11. The lowest BCUT2D eigenvalue weighted by Gasteiger charge is -2.31. The number of methoxy groups -OCH3 is 2. The van der Waals surface area contributed by atoms with Crippen molar-refractivity contribution in [2.24, 2.45) is 0 Å². The normalized spacial score (nSPS) is 13.6. The molecule has 0 unspecified atom stereocenters. The number of amides is 4. The number of ether oxygens (including phenoxy) is 4. The molecule has 0 atom stereocenters. The molecule has 0 bridgehead atoms. The van der Waals surface area contributed by atoms with Crippen molar-refractivity contribution >= 4 is 46.4 Å². The molecule has 0 radical (unpaired) electrons. The highest BCUT2D eigenvalue weighted by molar-refractivity contribution is 6.05. The van der Waals surface area contributed by atoms with Crippen LogP contribution < -0.4 is 30.3 Å². The number of halogens is 3. The maximum Gasteiger partial charge on any atom is 0.433 e. The standard InChI is InChI=1S/C39H47F3N8O8/c1-43-38(54)49(13-5-17-51)32-23-26(8-9-33(32)55-2)36(52)44-12-18-57-20-21-58-19-16-48-14-10-28(11-15-48)50-25-27-22-31(34(56-3)24-30(27)47-50)46-37(53)29-6-4-7-35(45-29)39(40,41)42/h4,6-9,17,22-25,28H,5,10-16,18-21H2,1-3H3,(H,43,54)(H,44,52)(H,46,53). The fourth-order valence-corrected chi connectivity index (χ4v) is 6.38. The number of anilines is 2. The van der Waals surface area contributed by atoms with Crippen LogP contribution in [0.4, 0.5) is 29.3 Å². The third-order valence-electron chi connectivity index (χ3n) is 9.41. The van der Waals surface area contributed by atoms with E-state index in [4.69, 9.17) is 24.0 Å². The van der Waals surface area contributed by atoms with Gasteiger partial charge in [-0.15, -0.1) is 0 Å². The van der Waals surface area contributed by atoms with E-state index in [-0.39, 0.29) is 49.4 Å². The summed E-state index contributed by atoms with van der Waals surface area (Å²) in [5.41, 5.74) is 0.0874. The predicted molar refractivity (Wildman–Crippen MR) is 208 cm³/mol. The molecule has 1 aliphatic heterocycles. The van der Waals surface area contributed by atoms with E-state index in [9.17, 15) is 32.3 Å². The van der Waals surface area contributed by atoms with E-state index in [1.54, 1.807) is 30.3 Å². The van der Waals surface area contributed by atoms with Gasteiger partial charge in [0, 0.05) is 69.4 Å². The van der Waals surface area contributed by atoms with Gasteiger partial charge in [0.05, 0.1) is 63.6 Å². The SMILES string of the molecule is CNC(=O)N(CCC=O)c1cc(C(=O)NCCOCCOCCN2CCC(n3cc4cc(NC(=O)c5cccc(C(F)(F)F)n5)c(OC)cc4n3)CC2)ccc1OC. The van der Waals surface area contributed by atoms with Gasteiger partial charge < -0.3 is 44.6 Å². The number of likely N-dealkylation sites (tertiary alicyclic amines) is 1. The first-order valence-corrected chi connectivity index (χ1v) is 18.6. The Bertz CT molecular complexity index is 2040. The van der Waals surface area contributed by atoms with Crippen LogP contribution in [0.3, 0.4) is 0 Å². The average Bonchev–Trinajstić information content (AvgIpc) is 3.65.